The van der Waals surface area contributed by atoms with Gasteiger partial charge in [0.25, 0.3) is 0 Å². The molecular formula is C32H37N9O2. The number of carbonyl (C=O) groups is 1. The van der Waals surface area contributed by atoms with Crippen molar-refractivity contribution in [2.75, 3.05) is 29.9 Å². The minimum absolute atomic E-state index is 0.0557. The minimum Gasteiger partial charge on any atom is -0.444 e. The molecule has 0 spiro atoms. The fourth-order valence-electron chi connectivity index (χ4n) is 5.44. The van der Waals surface area contributed by atoms with Crippen molar-refractivity contribution in [2.45, 2.75) is 52.7 Å². The molecule has 11 heteroatoms. The van der Waals surface area contributed by atoms with Gasteiger partial charge in [-0.05, 0) is 82.0 Å². The van der Waals surface area contributed by atoms with Crippen LogP contribution in [0.5, 0.6) is 0 Å². The Morgan fingerprint density at radius 1 is 1.05 bits per heavy atom. The molecule has 11 nitrogen and oxygen atoms in total. The van der Waals surface area contributed by atoms with Crippen LogP contribution in [0.1, 0.15) is 44.4 Å². The molecule has 1 amide bonds. The molecule has 222 valence electrons. The van der Waals surface area contributed by atoms with Crippen molar-refractivity contribution >= 4 is 45.6 Å². The molecule has 2 aromatic carbocycles. The molecule has 0 aliphatic carbocycles. The van der Waals surface area contributed by atoms with E-state index in [0.29, 0.717) is 42.4 Å². The predicted octanol–water partition coefficient (Wildman–Crippen LogP) is 5.39. The van der Waals surface area contributed by atoms with Crippen LogP contribution in [-0.2, 0) is 18.2 Å². The highest BCUT2D eigenvalue weighted by Crippen LogP contribution is 2.27. The summed E-state index contributed by atoms with van der Waals surface area (Å²) in [6.07, 6.45) is 5.62. The van der Waals surface area contributed by atoms with E-state index in [2.05, 4.69) is 73.5 Å². The molecular weight excluding hydrogens is 542 g/mol. The van der Waals surface area contributed by atoms with Gasteiger partial charge >= 0.3 is 6.09 Å². The number of fused-ring (bicyclic) bond motifs is 2. The normalized spacial score (nSPS) is 15.7. The van der Waals surface area contributed by atoms with Crippen LogP contribution >= 0.6 is 0 Å². The topological polar surface area (TPSA) is 114 Å². The van der Waals surface area contributed by atoms with Gasteiger partial charge in [0.1, 0.15) is 23.0 Å². The standard InChI is InChI=1S/C32H37N9O2/c1-20-13-24(9-8-23(20)14-22-7-10-27-25(15-22)36-19-39(27)6)37-29-28-26(34-18-35-29)16-33-30(38-28)40-11-12-41(21(2)17-40)31(42)43-32(3,4)5/h7-10,13,15-16,18-19,21H,11-12,14,17H2,1-6H3,(H,34,35,37)/t21-/m1/s1. The van der Waals surface area contributed by atoms with Crippen LogP contribution in [0.4, 0.5) is 22.2 Å². The summed E-state index contributed by atoms with van der Waals surface area (Å²) in [7, 11) is 2.01. The Bertz CT molecular complexity index is 1810. The third-order valence-electron chi connectivity index (χ3n) is 7.69. The van der Waals surface area contributed by atoms with Gasteiger partial charge in [-0.1, -0.05) is 12.1 Å². The molecule has 5 aromatic rings. The van der Waals surface area contributed by atoms with Crippen molar-refractivity contribution in [1.29, 1.82) is 0 Å². The molecule has 1 aliphatic rings. The zero-order valence-electron chi connectivity index (χ0n) is 25.5. The number of ether oxygens (including phenoxy) is 1. The lowest BCUT2D eigenvalue weighted by atomic mass is 9.99. The maximum Gasteiger partial charge on any atom is 0.410 e. The molecule has 1 atom stereocenters. The zero-order valence-corrected chi connectivity index (χ0v) is 25.5. The van der Waals surface area contributed by atoms with Crippen LogP contribution in [0.25, 0.3) is 22.1 Å². The van der Waals surface area contributed by atoms with E-state index in [-0.39, 0.29) is 12.1 Å². The molecule has 6 rings (SSSR count). The van der Waals surface area contributed by atoms with E-state index < -0.39 is 5.60 Å². The lowest BCUT2D eigenvalue weighted by Crippen LogP contribution is -2.55. The molecule has 43 heavy (non-hydrogen) atoms. The second-order valence-electron chi connectivity index (χ2n) is 12.2. The smallest absolute Gasteiger partial charge is 0.410 e. The van der Waals surface area contributed by atoms with E-state index in [0.717, 1.165) is 23.1 Å². The average molecular weight is 580 g/mol. The SMILES string of the molecule is Cc1cc(Nc2ncnc3cnc(N4CCN(C(=O)OC(C)(C)C)[C@H](C)C4)nc23)ccc1Cc1ccc2c(c1)ncn2C. The molecule has 3 aromatic heterocycles. The number of rotatable bonds is 5. The summed E-state index contributed by atoms with van der Waals surface area (Å²) >= 11 is 0. The second-order valence-corrected chi connectivity index (χ2v) is 12.2. The van der Waals surface area contributed by atoms with Gasteiger partial charge in [-0.3, -0.25) is 0 Å². The van der Waals surface area contributed by atoms with Gasteiger partial charge in [0.15, 0.2) is 5.82 Å². The average Bonchev–Trinajstić information content (AvgIpc) is 3.33. The number of amides is 1. The van der Waals surface area contributed by atoms with Crippen molar-refractivity contribution in [3.05, 3.63) is 71.9 Å². The highest BCUT2D eigenvalue weighted by Gasteiger charge is 2.32. The third kappa shape index (κ3) is 6.06. The summed E-state index contributed by atoms with van der Waals surface area (Å²) in [5.41, 5.74) is 7.46. The number of hydrogen-bond donors (Lipinski definition) is 1. The summed E-state index contributed by atoms with van der Waals surface area (Å²) in [6.45, 7) is 11.5. The quantitative estimate of drug-likeness (QED) is 0.292. The van der Waals surface area contributed by atoms with Gasteiger partial charge in [-0.2, -0.15) is 0 Å². The Morgan fingerprint density at radius 2 is 1.88 bits per heavy atom. The van der Waals surface area contributed by atoms with E-state index in [1.165, 1.54) is 23.0 Å². The van der Waals surface area contributed by atoms with Gasteiger partial charge < -0.3 is 24.4 Å². The zero-order chi connectivity index (χ0) is 30.3. The molecule has 0 unspecified atom stereocenters. The maximum atomic E-state index is 12.7. The van der Waals surface area contributed by atoms with Crippen molar-refractivity contribution in [2.24, 2.45) is 7.05 Å². The lowest BCUT2D eigenvalue weighted by molar-refractivity contribution is 0.0158. The molecule has 0 radical (unpaired) electrons. The Hall–Kier alpha value is -4.80. The third-order valence-corrected chi connectivity index (χ3v) is 7.69. The number of nitrogens with zero attached hydrogens (tertiary/aromatic N) is 8. The lowest BCUT2D eigenvalue weighted by Gasteiger charge is -2.40. The molecule has 1 saturated heterocycles. The van der Waals surface area contributed by atoms with Crippen LogP contribution in [-0.4, -0.2) is 71.8 Å². The van der Waals surface area contributed by atoms with E-state index in [9.17, 15) is 4.79 Å². The van der Waals surface area contributed by atoms with Crippen LogP contribution in [0.3, 0.4) is 0 Å². The van der Waals surface area contributed by atoms with E-state index >= 15 is 0 Å². The first-order valence-corrected chi connectivity index (χ1v) is 14.5. The van der Waals surface area contributed by atoms with Gasteiger partial charge in [-0.25, -0.2) is 29.7 Å². The van der Waals surface area contributed by atoms with Crippen LogP contribution < -0.4 is 10.2 Å². The Kier molecular flexibility index (Phi) is 7.33. The Morgan fingerprint density at radius 3 is 2.65 bits per heavy atom. The Labute approximate surface area is 251 Å². The van der Waals surface area contributed by atoms with Gasteiger partial charge in [0, 0.05) is 38.4 Å². The highest BCUT2D eigenvalue weighted by atomic mass is 16.6. The minimum atomic E-state index is -0.535. The van der Waals surface area contributed by atoms with E-state index in [1.807, 2.05) is 45.6 Å². The number of aromatic nitrogens is 6. The molecule has 1 aliphatic heterocycles. The summed E-state index contributed by atoms with van der Waals surface area (Å²) in [5.74, 6) is 1.19. The second kappa shape index (κ2) is 11.1. The van der Waals surface area contributed by atoms with E-state index in [4.69, 9.17) is 9.72 Å². The first-order chi connectivity index (χ1) is 20.5. The Balaban J connectivity index is 1.18. The molecule has 4 heterocycles. The fraction of sp³-hybridized carbons (Fsp3) is 0.375. The number of piperazine rings is 1. The van der Waals surface area contributed by atoms with Crippen molar-refractivity contribution < 1.29 is 9.53 Å². The van der Waals surface area contributed by atoms with Crippen molar-refractivity contribution in [1.82, 2.24) is 34.4 Å². The monoisotopic (exact) mass is 579 g/mol. The van der Waals surface area contributed by atoms with Crippen LogP contribution in [0.2, 0.25) is 0 Å². The van der Waals surface area contributed by atoms with Crippen LogP contribution in [0, 0.1) is 6.92 Å². The number of imidazole rings is 1. The summed E-state index contributed by atoms with van der Waals surface area (Å²) < 4.78 is 7.62. The molecule has 0 saturated carbocycles. The van der Waals surface area contributed by atoms with Crippen molar-refractivity contribution in [3.63, 3.8) is 0 Å². The fourth-order valence-corrected chi connectivity index (χ4v) is 5.44. The van der Waals surface area contributed by atoms with Gasteiger partial charge in [0.05, 0.1) is 23.6 Å². The number of carbonyl (C=O) groups excluding carboxylic acids is 1. The molecule has 0 bridgehead atoms. The number of hydrogen-bond acceptors (Lipinski definition) is 9. The van der Waals surface area contributed by atoms with Crippen molar-refractivity contribution in [3.8, 4) is 0 Å². The summed E-state index contributed by atoms with van der Waals surface area (Å²) in [5, 5.41) is 3.45. The number of aryl methyl sites for hydroxylation is 2. The van der Waals surface area contributed by atoms with Gasteiger partial charge in [-0.15, -0.1) is 0 Å². The number of benzene rings is 2. The highest BCUT2D eigenvalue weighted by molar-refractivity contribution is 5.87. The largest absolute Gasteiger partial charge is 0.444 e. The maximum absolute atomic E-state index is 12.7. The first kappa shape index (κ1) is 28.3. The predicted molar refractivity (Wildman–Crippen MR) is 168 cm³/mol. The van der Waals surface area contributed by atoms with Gasteiger partial charge in [0.2, 0.25) is 5.95 Å². The van der Waals surface area contributed by atoms with E-state index in [1.54, 1.807) is 11.1 Å². The summed E-state index contributed by atoms with van der Waals surface area (Å²) in [4.78, 5) is 39.4. The number of anilines is 3. The first-order valence-electron chi connectivity index (χ1n) is 14.5. The molecule has 1 fully saturated rings. The molecule has 1 N–H and O–H groups in total. The summed E-state index contributed by atoms with van der Waals surface area (Å²) in [6, 6.07) is 12.7. The number of nitrogens with one attached hydrogen (secondary N) is 1. The van der Waals surface area contributed by atoms with Crippen LogP contribution in [0.15, 0.2) is 55.2 Å².